The molecule has 0 radical (unpaired) electrons. The van der Waals surface area contributed by atoms with Gasteiger partial charge >= 0.3 is 0 Å². The second kappa shape index (κ2) is 6.78. The van der Waals surface area contributed by atoms with Crippen LogP contribution in [-0.4, -0.2) is 62.4 Å². The smallest absolute Gasteiger partial charge is 0.243 e. The van der Waals surface area contributed by atoms with Gasteiger partial charge in [0, 0.05) is 39.0 Å². The molecule has 6 nitrogen and oxygen atoms in total. The molecule has 2 aliphatic heterocycles. The molecule has 0 bridgehead atoms. The molecule has 1 aromatic rings. The first-order chi connectivity index (χ1) is 11.4. The number of carbonyl (C=O) groups excluding carboxylic acids is 1. The zero-order valence-corrected chi connectivity index (χ0v) is 14.3. The van der Waals surface area contributed by atoms with E-state index in [2.05, 4.69) is 0 Å². The molecule has 2 heterocycles. The molecule has 3 rings (SSSR count). The molecule has 2 saturated heterocycles. The minimum atomic E-state index is -3.66. The Balaban J connectivity index is 1.75. The van der Waals surface area contributed by atoms with Crippen LogP contribution in [0.25, 0.3) is 0 Å². The topological polar surface area (TPSA) is 66.9 Å². The summed E-state index contributed by atoms with van der Waals surface area (Å²) in [5.41, 5.74) is 0. The molecule has 24 heavy (non-hydrogen) atoms. The highest BCUT2D eigenvalue weighted by Crippen LogP contribution is 2.28. The number of benzene rings is 1. The molecule has 0 unspecified atom stereocenters. The first kappa shape index (κ1) is 17.3. The maximum absolute atomic E-state index is 13.0. The number of amides is 1. The Hall–Kier alpha value is -1.51. The van der Waals surface area contributed by atoms with Crippen LogP contribution in [0.1, 0.15) is 13.3 Å². The average molecular weight is 356 g/mol. The van der Waals surface area contributed by atoms with E-state index < -0.39 is 15.8 Å². The minimum absolute atomic E-state index is 0.0145. The Kier molecular flexibility index (Phi) is 4.89. The summed E-state index contributed by atoms with van der Waals surface area (Å²) in [4.78, 5) is 13.4. The number of fused-ring (bicyclic) bond motifs is 1. The van der Waals surface area contributed by atoms with Gasteiger partial charge in [-0.15, -0.1) is 0 Å². The summed E-state index contributed by atoms with van der Waals surface area (Å²) < 4.78 is 45.7. The van der Waals surface area contributed by atoms with Gasteiger partial charge in [0.1, 0.15) is 5.82 Å². The van der Waals surface area contributed by atoms with E-state index in [-0.39, 0.29) is 29.4 Å². The van der Waals surface area contributed by atoms with Gasteiger partial charge in [-0.3, -0.25) is 4.79 Å². The molecule has 0 saturated carbocycles. The Morgan fingerprint density at radius 3 is 2.58 bits per heavy atom. The molecule has 8 heteroatoms. The van der Waals surface area contributed by atoms with Crippen molar-refractivity contribution in [2.75, 3.05) is 32.8 Å². The molecule has 1 amide bonds. The van der Waals surface area contributed by atoms with Crippen LogP contribution >= 0.6 is 0 Å². The monoisotopic (exact) mass is 356 g/mol. The van der Waals surface area contributed by atoms with E-state index in [1.807, 2.05) is 0 Å². The SMILES string of the molecule is CC(=O)N1CCO[C@@H]2CN(S(=O)(=O)c3ccc(F)cc3)CC[C@@H]2C1. The van der Waals surface area contributed by atoms with Gasteiger partial charge in [-0.25, -0.2) is 12.8 Å². The molecular formula is C16H21FN2O4S. The highest BCUT2D eigenvalue weighted by atomic mass is 32.2. The van der Waals surface area contributed by atoms with Crippen LogP contribution in [0, 0.1) is 11.7 Å². The standard InChI is InChI=1S/C16H21FN2O4S/c1-12(20)18-8-9-23-16-11-19(7-6-13(16)10-18)24(21,22)15-4-2-14(17)3-5-15/h2-5,13,16H,6-11H2,1H3/t13-,16-/m1/s1. The normalized spacial score (nSPS) is 25.8. The summed E-state index contributed by atoms with van der Waals surface area (Å²) >= 11 is 0. The minimum Gasteiger partial charge on any atom is -0.375 e. The van der Waals surface area contributed by atoms with Gasteiger partial charge < -0.3 is 9.64 Å². The number of halogens is 1. The average Bonchev–Trinajstić information content (AvgIpc) is 2.77. The molecule has 0 aliphatic carbocycles. The van der Waals surface area contributed by atoms with Crippen LogP contribution in [0.4, 0.5) is 4.39 Å². The van der Waals surface area contributed by atoms with Gasteiger partial charge in [-0.05, 0) is 30.7 Å². The van der Waals surface area contributed by atoms with Gasteiger partial charge in [0.15, 0.2) is 0 Å². The van der Waals surface area contributed by atoms with E-state index >= 15 is 0 Å². The zero-order valence-electron chi connectivity index (χ0n) is 13.5. The summed E-state index contributed by atoms with van der Waals surface area (Å²) in [5, 5.41) is 0. The summed E-state index contributed by atoms with van der Waals surface area (Å²) in [6, 6.07) is 4.85. The number of ether oxygens (including phenoxy) is 1. The van der Waals surface area contributed by atoms with Crippen molar-refractivity contribution in [3.63, 3.8) is 0 Å². The van der Waals surface area contributed by atoms with Gasteiger partial charge in [0.25, 0.3) is 0 Å². The lowest BCUT2D eigenvalue weighted by atomic mass is 9.94. The van der Waals surface area contributed by atoms with Crippen molar-refractivity contribution in [2.45, 2.75) is 24.3 Å². The number of rotatable bonds is 2. The number of sulfonamides is 1. The number of hydrogen-bond donors (Lipinski definition) is 0. The Labute approximate surface area is 141 Å². The largest absolute Gasteiger partial charge is 0.375 e. The molecule has 2 atom stereocenters. The highest BCUT2D eigenvalue weighted by Gasteiger charge is 2.38. The van der Waals surface area contributed by atoms with Crippen LogP contribution in [0.2, 0.25) is 0 Å². The van der Waals surface area contributed by atoms with E-state index in [1.165, 1.54) is 23.4 Å². The fourth-order valence-corrected chi connectivity index (χ4v) is 4.75. The van der Waals surface area contributed by atoms with Crippen LogP contribution in [-0.2, 0) is 19.6 Å². The van der Waals surface area contributed by atoms with Gasteiger partial charge in [0.05, 0.1) is 17.6 Å². The van der Waals surface area contributed by atoms with Crippen molar-refractivity contribution in [1.82, 2.24) is 9.21 Å². The Bertz CT molecular complexity index is 707. The molecular weight excluding hydrogens is 335 g/mol. The van der Waals surface area contributed by atoms with Crippen LogP contribution in [0.15, 0.2) is 29.2 Å². The first-order valence-electron chi connectivity index (χ1n) is 8.01. The van der Waals surface area contributed by atoms with Crippen LogP contribution in [0.5, 0.6) is 0 Å². The second-order valence-electron chi connectivity index (χ2n) is 6.24. The molecule has 132 valence electrons. The van der Waals surface area contributed by atoms with Crippen LogP contribution in [0.3, 0.4) is 0 Å². The lowest BCUT2D eigenvalue weighted by Crippen LogP contribution is -2.49. The van der Waals surface area contributed by atoms with Crippen molar-refractivity contribution in [1.29, 1.82) is 0 Å². The molecule has 0 N–H and O–H groups in total. The Morgan fingerprint density at radius 1 is 1.21 bits per heavy atom. The first-order valence-corrected chi connectivity index (χ1v) is 9.45. The summed E-state index contributed by atoms with van der Waals surface area (Å²) in [7, 11) is -3.66. The fraction of sp³-hybridized carbons (Fsp3) is 0.562. The second-order valence-corrected chi connectivity index (χ2v) is 8.18. The predicted molar refractivity (Wildman–Crippen MR) is 85.3 cm³/mol. The summed E-state index contributed by atoms with van der Waals surface area (Å²) in [6.45, 7) is 3.71. The summed E-state index contributed by atoms with van der Waals surface area (Å²) in [6.07, 6.45) is 0.410. The summed E-state index contributed by atoms with van der Waals surface area (Å²) in [5.74, 6) is -0.319. The third-order valence-corrected chi connectivity index (χ3v) is 6.58. The van der Waals surface area contributed by atoms with Gasteiger partial charge in [0.2, 0.25) is 15.9 Å². The van der Waals surface area contributed by atoms with Crippen molar-refractivity contribution in [2.24, 2.45) is 5.92 Å². The number of piperidine rings is 1. The quantitative estimate of drug-likeness (QED) is 0.795. The third kappa shape index (κ3) is 3.45. The highest BCUT2D eigenvalue weighted by molar-refractivity contribution is 7.89. The van der Waals surface area contributed by atoms with Crippen LogP contribution < -0.4 is 0 Å². The van der Waals surface area contributed by atoms with E-state index in [0.29, 0.717) is 32.7 Å². The Morgan fingerprint density at radius 2 is 1.92 bits per heavy atom. The van der Waals surface area contributed by atoms with Gasteiger partial charge in [-0.2, -0.15) is 4.31 Å². The van der Waals surface area contributed by atoms with E-state index in [9.17, 15) is 17.6 Å². The maximum Gasteiger partial charge on any atom is 0.243 e. The molecule has 0 aromatic heterocycles. The van der Waals surface area contributed by atoms with Crippen molar-refractivity contribution in [3.8, 4) is 0 Å². The zero-order chi connectivity index (χ0) is 17.3. The number of carbonyl (C=O) groups is 1. The van der Waals surface area contributed by atoms with Crippen molar-refractivity contribution >= 4 is 15.9 Å². The third-order valence-electron chi connectivity index (χ3n) is 4.70. The molecule has 2 aliphatic rings. The molecule has 1 aromatic carbocycles. The fourth-order valence-electron chi connectivity index (χ4n) is 3.28. The molecule has 0 spiro atoms. The lowest BCUT2D eigenvalue weighted by molar-refractivity contribution is -0.129. The van der Waals surface area contributed by atoms with E-state index in [0.717, 1.165) is 12.1 Å². The maximum atomic E-state index is 13.0. The predicted octanol–water partition coefficient (Wildman–Crippen LogP) is 1.08. The van der Waals surface area contributed by atoms with E-state index in [1.54, 1.807) is 4.90 Å². The van der Waals surface area contributed by atoms with Crippen molar-refractivity contribution < 1.29 is 22.3 Å². The number of hydrogen-bond acceptors (Lipinski definition) is 4. The van der Waals surface area contributed by atoms with Gasteiger partial charge in [-0.1, -0.05) is 0 Å². The lowest BCUT2D eigenvalue weighted by Gasteiger charge is -2.37. The van der Waals surface area contributed by atoms with E-state index in [4.69, 9.17) is 4.74 Å². The van der Waals surface area contributed by atoms with Crippen molar-refractivity contribution in [3.05, 3.63) is 30.1 Å². The number of nitrogens with zero attached hydrogens (tertiary/aromatic N) is 2. The molecule has 2 fully saturated rings.